The molecule has 2 heteroatoms. The Bertz CT molecular complexity index is 478. The van der Waals surface area contributed by atoms with Gasteiger partial charge in [0, 0.05) is 18.9 Å². The van der Waals surface area contributed by atoms with Crippen LogP contribution in [-0.4, -0.2) is 12.1 Å². The first-order chi connectivity index (χ1) is 8.70. The van der Waals surface area contributed by atoms with Crippen molar-refractivity contribution in [2.45, 2.75) is 51.2 Å². The summed E-state index contributed by atoms with van der Waals surface area (Å²) in [5, 5.41) is 0. The first-order valence-electron chi connectivity index (χ1n) is 6.92. The van der Waals surface area contributed by atoms with Gasteiger partial charge in [0.2, 0.25) is 0 Å². The van der Waals surface area contributed by atoms with Crippen LogP contribution in [0.15, 0.2) is 29.8 Å². The molecule has 2 unspecified atom stereocenters. The molecule has 3 rings (SSSR count). The molecule has 1 heterocycles. The molecule has 1 aliphatic carbocycles. The smallest absolute Gasteiger partial charge is 0.123 e. The SMILES string of the molecule is Cc1ccc2c(c1)CC(CC1=CC(N)CCC1)O2. The van der Waals surface area contributed by atoms with Crippen molar-refractivity contribution in [2.24, 2.45) is 5.73 Å². The summed E-state index contributed by atoms with van der Waals surface area (Å²) in [5.74, 6) is 1.08. The van der Waals surface area contributed by atoms with Gasteiger partial charge in [-0.1, -0.05) is 29.3 Å². The molecule has 2 nitrogen and oxygen atoms in total. The van der Waals surface area contributed by atoms with E-state index in [2.05, 4.69) is 31.2 Å². The van der Waals surface area contributed by atoms with E-state index in [9.17, 15) is 0 Å². The molecule has 0 fully saturated rings. The predicted molar refractivity (Wildman–Crippen MR) is 73.8 cm³/mol. The third kappa shape index (κ3) is 2.44. The van der Waals surface area contributed by atoms with Crippen LogP contribution in [0.4, 0.5) is 0 Å². The zero-order valence-electron chi connectivity index (χ0n) is 11.0. The van der Waals surface area contributed by atoms with Gasteiger partial charge in [0.25, 0.3) is 0 Å². The van der Waals surface area contributed by atoms with Crippen molar-refractivity contribution >= 4 is 0 Å². The fraction of sp³-hybridized carbons (Fsp3) is 0.500. The van der Waals surface area contributed by atoms with E-state index in [1.165, 1.54) is 29.5 Å². The minimum atomic E-state index is 0.264. The average molecular weight is 243 g/mol. The lowest BCUT2D eigenvalue weighted by atomic mass is 9.91. The molecule has 0 bridgehead atoms. The quantitative estimate of drug-likeness (QED) is 0.810. The Balaban J connectivity index is 1.67. The Morgan fingerprint density at radius 2 is 2.28 bits per heavy atom. The van der Waals surface area contributed by atoms with Crippen LogP contribution in [0.5, 0.6) is 5.75 Å². The summed E-state index contributed by atoms with van der Waals surface area (Å²) < 4.78 is 6.02. The van der Waals surface area contributed by atoms with Gasteiger partial charge in [0.1, 0.15) is 11.9 Å². The lowest BCUT2D eigenvalue weighted by Crippen LogP contribution is -2.22. The highest BCUT2D eigenvalue weighted by Crippen LogP contribution is 2.33. The fourth-order valence-corrected chi connectivity index (χ4v) is 3.06. The number of nitrogens with two attached hydrogens (primary N) is 1. The summed E-state index contributed by atoms with van der Waals surface area (Å²) in [6, 6.07) is 6.73. The third-order valence-electron chi connectivity index (χ3n) is 3.93. The lowest BCUT2D eigenvalue weighted by Gasteiger charge is -2.20. The van der Waals surface area contributed by atoms with E-state index in [0.29, 0.717) is 6.10 Å². The van der Waals surface area contributed by atoms with Crippen molar-refractivity contribution in [2.75, 3.05) is 0 Å². The van der Waals surface area contributed by atoms with Gasteiger partial charge in [-0.25, -0.2) is 0 Å². The van der Waals surface area contributed by atoms with Gasteiger partial charge >= 0.3 is 0 Å². The van der Waals surface area contributed by atoms with E-state index in [1.807, 2.05) is 0 Å². The molecule has 0 saturated carbocycles. The molecule has 1 aromatic rings. The Morgan fingerprint density at radius 3 is 3.11 bits per heavy atom. The summed E-state index contributed by atoms with van der Waals surface area (Å²) in [5.41, 5.74) is 10.2. The van der Waals surface area contributed by atoms with Crippen LogP contribution in [0, 0.1) is 6.92 Å². The molecule has 0 spiro atoms. The van der Waals surface area contributed by atoms with E-state index in [1.54, 1.807) is 0 Å². The normalized spacial score (nSPS) is 26.4. The van der Waals surface area contributed by atoms with Crippen molar-refractivity contribution in [1.82, 2.24) is 0 Å². The molecule has 1 aliphatic heterocycles. The summed E-state index contributed by atoms with van der Waals surface area (Å²) in [4.78, 5) is 0. The van der Waals surface area contributed by atoms with Gasteiger partial charge in [0.15, 0.2) is 0 Å². The molecule has 18 heavy (non-hydrogen) atoms. The summed E-state index contributed by atoms with van der Waals surface area (Å²) in [6.45, 7) is 2.14. The second-order valence-corrected chi connectivity index (χ2v) is 5.64. The zero-order chi connectivity index (χ0) is 12.5. The maximum Gasteiger partial charge on any atom is 0.123 e. The van der Waals surface area contributed by atoms with E-state index < -0.39 is 0 Å². The molecule has 0 aromatic heterocycles. The van der Waals surface area contributed by atoms with E-state index in [0.717, 1.165) is 25.0 Å². The highest BCUT2D eigenvalue weighted by molar-refractivity contribution is 5.40. The van der Waals surface area contributed by atoms with Gasteiger partial charge in [-0.2, -0.15) is 0 Å². The first kappa shape index (κ1) is 11.8. The van der Waals surface area contributed by atoms with E-state index in [-0.39, 0.29) is 6.04 Å². The van der Waals surface area contributed by atoms with Crippen LogP contribution < -0.4 is 10.5 Å². The Kier molecular flexibility index (Phi) is 3.13. The number of aryl methyl sites for hydroxylation is 1. The topological polar surface area (TPSA) is 35.2 Å². The first-order valence-corrected chi connectivity index (χ1v) is 6.92. The number of rotatable bonds is 2. The Morgan fingerprint density at radius 1 is 1.39 bits per heavy atom. The molecule has 0 saturated heterocycles. The van der Waals surface area contributed by atoms with Gasteiger partial charge in [-0.15, -0.1) is 0 Å². The molecular formula is C16H21NO. The molecule has 1 aromatic carbocycles. The molecular weight excluding hydrogens is 222 g/mol. The van der Waals surface area contributed by atoms with Crippen LogP contribution in [0.1, 0.15) is 36.8 Å². The van der Waals surface area contributed by atoms with E-state index >= 15 is 0 Å². The van der Waals surface area contributed by atoms with Crippen molar-refractivity contribution < 1.29 is 4.74 Å². The van der Waals surface area contributed by atoms with Crippen LogP contribution in [0.2, 0.25) is 0 Å². The molecule has 2 aliphatic rings. The molecule has 2 N–H and O–H groups in total. The fourth-order valence-electron chi connectivity index (χ4n) is 3.06. The van der Waals surface area contributed by atoms with Crippen LogP contribution in [0.3, 0.4) is 0 Å². The zero-order valence-corrected chi connectivity index (χ0v) is 11.0. The van der Waals surface area contributed by atoms with Crippen LogP contribution in [-0.2, 0) is 6.42 Å². The number of fused-ring (bicyclic) bond motifs is 1. The van der Waals surface area contributed by atoms with E-state index in [4.69, 9.17) is 10.5 Å². The second-order valence-electron chi connectivity index (χ2n) is 5.64. The Labute approximate surface area is 109 Å². The standard InChI is InChI=1S/C16H21NO/c1-11-5-6-16-13(7-11)10-15(18-16)9-12-3-2-4-14(17)8-12/h5-8,14-15H,2-4,9-10,17H2,1H3. The largest absolute Gasteiger partial charge is 0.489 e. The van der Waals surface area contributed by atoms with Gasteiger partial charge in [0.05, 0.1) is 0 Å². The number of ether oxygens (including phenoxy) is 1. The molecule has 96 valence electrons. The van der Waals surface area contributed by atoms with Gasteiger partial charge in [-0.05, 0) is 37.8 Å². The Hall–Kier alpha value is -1.28. The summed E-state index contributed by atoms with van der Waals surface area (Å²) in [7, 11) is 0. The highest BCUT2D eigenvalue weighted by Gasteiger charge is 2.24. The minimum Gasteiger partial charge on any atom is -0.489 e. The monoisotopic (exact) mass is 243 g/mol. The van der Waals surface area contributed by atoms with Gasteiger partial charge in [-0.3, -0.25) is 0 Å². The number of benzene rings is 1. The van der Waals surface area contributed by atoms with Crippen molar-refractivity contribution in [1.29, 1.82) is 0 Å². The van der Waals surface area contributed by atoms with Crippen molar-refractivity contribution in [3.8, 4) is 5.75 Å². The predicted octanol–water partition coefficient (Wildman–Crippen LogP) is 3.13. The summed E-state index contributed by atoms with van der Waals surface area (Å²) in [6.07, 6.45) is 8.22. The average Bonchev–Trinajstić information content (AvgIpc) is 2.70. The lowest BCUT2D eigenvalue weighted by molar-refractivity contribution is 0.230. The highest BCUT2D eigenvalue weighted by atomic mass is 16.5. The van der Waals surface area contributed by atoms with Gasteiger partial charge < -0.3 is 10.5 Å². The van der Waals surface area contributed by atoms with Crippen LogP contribution in [0.25, 0.3) is 0 Å². The number of hydrogen-bond donors (Lipinski definition) is 1. The maximum absolute atomic E-state index is 6.02. The minimum absolute atomic E-state index is 0.264. The van der Waals surface area contributed by atoms with Crippen molar-refractivity contribution in [3.63, 3.8) is 0 Å². The molecule has 0 amide bonds. The van der Waals surface area contributed by atoms with Crippen LogP contribution >= 0.6 is 0 Å². The number of hydrogen-bond acceptors (Lipinski definition) is 2. The molecule has 2 atom stereocenters. The third-order valence-corrected chi connectivity index (χ3v) is 3.93. The maximum atomic E-state index is 6.02. The van der Waals surface area contributed by atoms with Crippen molar-refractivity contribution in [3.05, 3.63) is 41.0 Å². The second kappa shape index (κ2) is 4.77. The summed E-state index contributed by atoms with van der Waals surface area (Å²) >= 11 is 0. The molecule has 0 radical (unpaired) electrons.